The van der Waals surface area contributed by atoms with Gasteiger partial charge in [0, 0.05) is 32.0 Å². The number of carbonyl (C=O) groups excluding carboxylic acids is 5. The quantitative estimate of drug-likeness (QED) is 0.0235. The molecule has 0 aliphatic carbocycles. The molecule has 0 spiro atoms. The van der Waals surface area contributed by atoms with Crippen molar-refractivity contribution in [2.75, 3.05) is 19.6 Å². The standard InChI is InChI=1S/C43H62N10O12/c1-25(54)36(53-37(59)29-14-8-20-46-29)41(63)51-31(16-18-34(55)56)38(60)49-28(22-26-10-4-2-5-11-26)24-48-33(23-27-12-6-3-7-13-27)40(62)50-30(15-9-21-47-43(44)45)39(61)52-32(42(64)65)17-19-35(57)58/h2-7,10-13,25,28-33,36,46,48,54H,8-9,14-24H2,1H3,(H,49,60)(H,50,62)(H,51,63)(H,52,61)(H,53,59)(H,55,56)(H,57,58)(H,64,65)(H4,44,45,47)/t25?,28?,29-,30-,31-,32-,33-,36-/m0/s1. The van der Waals surface area contributed by atoms with Gasteiger partial charge in [0.05, 0.1) is 18.2 Å². The molecule has 1 aliphatic heterocycles. The minimum Gasteiger partial charge on any atom is -0.481 e. The Balaban J connectivity index is 1.90. The highest BCUT2D eigenvalue weighted by molar-refractivity contribution is 5.94. The number of carboxylic acids is 3. The number of aliphatic hydroxyl groups is 1. The molecular weight excluding hydrogens is 849 g/mol. The van der Waals surface area contributed by atoms with Gasteiger partial charge in [0.2, 0.25) is 29.5 Å². The summed E-state index contributed by atoms with van der Waals surface area (Å²) < 4.78 is 0. The summed E-state index contributed by atoms with van der Waals surface area (Å²) in [5.74, 6) is -8.00. The maximum Gasteiger partial charge on any atom is 0.326 e. The highest BCUT2D eigenvalue weighted by Gasteiger charge is 2.34. The summed E-state index contributed by atoms with van der Waals surface area (Å²) in [5, 5.41) is 57.9. The van der Waals surface area contributed by atoms with Crippen molar-refractivity contribution in [2.24, 2.45) is 16.5 Å². The molecule has 8 atom stereocenters. The van der Waals surface area contributed by atoms with Crippen LogP contribution in [0.15, 0.2) is 65.7 Å². The predicted molar refractivity (Wildman–Crippen MR) is 236 cm³/mol. The molecule has 65 heavy (non-hydrogen) atoms. The molecular formula is C43H62N10O12. The minimum atomic E-state index is -1.58. The third-order valence-corrected chi connectivity index (χ3v) is 10.4. The van der Waals surface area contributed by atoms with E-state index in [0.29, 0.717) is 18.5 Å². The van der Waals surface area contributed by atoms with Crippen LogP contribution in [-0.2, 0) is 51.2 Å². The van der Waals surface area contributed by atoms with Gasteiger partial charge >= 0.3 is 17.9 Å². The monoisotopic (exact) mass is 910 g/mol. The van der Waals surface area contributed by atoms with Gasteiger partial charge in [-0.05, 0) is 76.0 Å². The highest BCUT2D eigenvalue weighted by Crippen LogP contribution is 2.11. The molecule has 3 rings (SSSR count). The predicted octanol–water partition coefficient (Wildman–Crippen LogP) is -2.15. The fourth-order valence-corrected chi connectivity index (χ4v) is 6.97. The number of nitrogens with two attached hydrogens (primary N) is 2. The van der Waals surface area contributed by atoms with E-state index in [4.69, 9.17) is 16.6 Å². The van der Waals surface area contributed by atoms with E-state index in [0.717, 1.165) is 12.0 Å². The molecule has 0 saturated carbocycles. The fourth-order valence-electron chi connectivity index (χ4n) is 6.97. The Morgan fingerprint density at radius 3 is 1.75 bits per heavy atom. The van der Waals surface area contributed by atoms with Crippen molar-refractivity contribution in [1.29, 1.82) is 0 Å². The van der Waals surface area contributed by atoms with Gasteiger partial charge in [-0.1, -0.05) is 60.7 Å². The summed E-state index contributed by atoms with van der Waals surface area (Å²) in [6, 6.07) is 9.51. The smallest absolute Gasteiger partial charge is 0.326 e. The highest BCUT2D eigenvalue weighted by atomic mass is 16.4. The Morgan fingerprint density at radius 2 is 1.22 bits per heavy atom. The van der Waals surface area contributed by atoms with E-state index in [2.05, 4.69) is 42.2 Å². The molecule has 1 heterocycles. The molecule has 0 radical (unpaired) electrons. The summed E-state index contributed by atoms with van der Waals surface area (Å²) in [4.78, 5) is 107. The summed E-state index contributed by atoms with van der Waals surface area (Å²) >= 11 is 0. The van der Waals surface area contributed by atoms with Crippen LogP contribution in [0.5, 0.6) is 0 Å². The molecule has 2 aromatic carbocycles. The second-order valence-corrected chi connectivity index (χ2v) is 15.8. The van der Waals surface area contributed by atoms with E-state index in [1.807, 2.05) is 0 Å². The number of nitrogens with zero attached hydrogens (tertiary/aromatic N) is 1. The van der Waals surface area contributed by atoms with Gasteiger partial charge in [0.25, 0.3) is 0 Å². The number of hydrogen-bond acceptors (Lipinski definition) is 12. The number of aliphatic carboxylic acids is 3. The second kappa shape index (κ2) is 27.5. The minimum absolute atomic E-state index is 0.0507. The van der Waals surface area contributed by atoms with E-state index in [-0.39, 0.29) is 51.2 Å². The van der Waals surface area contributed by atoms with Crippen LogP contribution in [0, 0.1) is 0 Å². The first-order valence-electron chi connectivity index (χ1n) is 21.4. The molecule has 2 unspecified atom stereocenters. The molecule has 22 nitrogen and oxygen atoms in total. The normalized spacial score (nSPS) is 16.5. The van der Waals surface area contributed by atoms with Crippen molar-refractivity contribution in [1.82, 2.24) is 37.2 Å². The molecule has 2 aromatic rings. The number of nitrogens with one attached hydrogen (secondary N) is 7. The lowest BCUT2D eigenvalue weighted by molar-refractivity contribution is -0.143. The first-order valence-corrected chi connectivity index (χ1v) is 21.4. The van der Waals surface area contributed by atoms with Gasteiger partial charge in [-0.2, -0.15) is 0 Å². The molecule has 5 amide bonds. The molecule has 1 fully saturated rings. The molecule has 1 saturated heterocycles. The van der Waals surface area contributed by atoms with Crippen LogP contribution in [0.2, 0.25) is 0 Å². The maximum absolute atomic E-state index is 14.2. The van der Waals surface area contributed by atoms with E-state index in [9.17, 15) is 53.7 Å². The molecule has 22 heteroatoms. The Labute approximate surface area is 376 Å². The number of aliphatic imine (C=N–C) groups is 1. The van der Waals surface area contributed by atoms with Crippen molar-refractivity contribution in [2.45, 2.75) is 120 Å². The van der Waals surface area contributed by atoms with Gasteiger partial charge in [-0.3, -0.25) is 38.6 Å². The summed E-state index contributed by atoms with van der Waals surface area (Å²) in [7, 11) is 0. The molecule has 356 valence electrons. The van der Waals surface area contributed by atoms with Gasteiger partial charge in [-0.15, -0.1) is 0 Å². The van der Waals surface area contributed by atoms with Gasteiger partial charge in [0.15, 0.2) is 5.96 Å². The summed E-state index contributed by atoms with van der Waals surface area (Å²) in [6.07, 6.45) is -1.60. The van der Waals surface area contributed by atoms with Crippen molar-refractivity contribution >= 4 is 53.4 Å². The van der Waals surface area contributed by atoms with Gasteiger partial charge in [0.1, 0.15) is 24.2 Å². The number of carboxylic acid groups (broad SMARTS) is 3. The third-order valence-electron chi connectivity index (χ3n) is 10.4. The first-order chi connectivity index (χ1) is 30.9. The van der Waals surface area contributed by atoms with Crippen LogP contribution in [0.3, 0.4) is 0 Å². The first kappa shape index (κ1) is 52.7. The number of carbonyl (C=O) groups is 8. The largest absolute Gasteiger partial charge is 0.481 e. The van der Waals surface area contributed by atoms with E-state index in [1.165, 1.54) is 6.92 Å². The van der Waals surface area contributed by atoms with E-state index >= 15 is 0 Å². The van der Waals surface area contributed by atoms with Crippen LogP contribution in [0.25, 0.3) is 0 Å². The average molecular weight is 911 g/mol. The van der Waals surface area contributed by atoms with Crippen LogP contribution < -0.4 is 48.7 Å². The zero-order chi connectivity index (χ0) is 47.9. The van der Waals surface area contributed by atoms with Crippen molar-refractivity contribution in [3.8, 4) is 0 Å². The van der Waals surface area contributed by atoms with Gasteiger partial charge in [-0.25, -0.2) is 4.79 Å². The van der Waals surface area contributed by atoms with Crippen molar-refractivity contribution in [3.63, 3.8) is 0 Å². The number of hydrogen-bond donors (Lipinski definition) is 13. The molecule has 1 aliphatic rings. The molecule has 15 N–H and O–H groups in total. The Kier molecular flexibility index (Phi) is 22.3. The summed E-state index contributed by atoms with van der Waals surface area (Å²) in [6.45, 7) is 1.86. The van der Waals surface area contributed by atoms with Crippen molar-refractivity contribution < 1.29 is 58.8 Å². The van der Waals surface area contributed by atoms with Crippen LogP contribution >= 0.6 is 0 Å². The van der Waals surface area contributed by atoms with Crippen molar-refractivity contribution in [3.05, 3.63) is 71.8 Å². The number of rotatable bonds is 29. The lowest BCUT2D eigenvalue weighted by Crippen LogP contribution is -2.60. The number of aliphatic hydroxyl groups excluding tert-OH is 1. The van der Waals surface area contributed by atoms with Crippen LogP contribution in [0.1, 0.15) is 69.4 Å². The average Bonchev–Trinajstić information content (AvgIpc) is 3.81. The lowest BCUT2D eigenvalue weighted by Gasteiger charge is -2.28. The van der Waals surface area contributed by atoms with E-state index in [1.54, 1.807) is 60.7 Å². The number of guanidine groups is 1. The Hall–Kier alpha value is -6.65. The Morgan fingerprint density at radius 1 is 0.692 bits per heavy atom. The third kappa shape index (κ3) is 19.7. The zero-order valence-corrected chi connectivity index (χ0v) is 36.2. The molecule has 0 aromatic heterocycles. The van der Waals surface area contributed by atoms with Crippen LogP contribution in [-0.4, -0.2) is 142 Å². The zero-order valence-electron chi connectivity index (χ0n) is 36.2. The fraction of sp³-hybridized carbons (Fsp3) is 0.512. The van der Waals surface area contributed by atoms with Gasteiger partial charge < -0.3 is 69.1 Å². The topological polar surface area (TPSA) is 366 Å². The Bertz CT molecular complexity index is 1930. The summed E-state index contributed by atoms with van der Waals surface area (Å²) in [5.41, 5.74) is 12.4. The molecule has 0 bridgehead atoms. The maximum atomic E-state index is 14.2. The second-order valence-electron chi connectivity index (χ2n) is 15.8. The number of benzene rings is 2. The number of amides is 5. The lowest BCUT2D eigenvalue weighted by atomic mass is 10.0. The SMILES string of the molecule is CC(O)[C@H](NC(=O)[C@@H]1CCCN1)C(=O)N[C@@H](CCC(=O)O)C(=O)NC(CN[C@@H](Cc1ccccc1)C(=O)N[C@@H](CCCN=C(N)N)C(=O)N[C@@H](CCC(=O)O)C(=O)O)Cc1ccccc1. The van der Waals surface area contributed by atoms with E-state index < -0.39 is 115 Å². The van der Waals surface area contributed by atoms with Crippen LogP contribution in [0.4, 0.5) is 0 Å².